The number of amides is 2. The van der Waals surface area contributed by atoms with E-state index in [-0.39, 0.29) is 17.9 Å². The first-order valence-electron chi connectivity index (χ1n) is 11.1. The minimum absolute atomic E-state index is 0.119. The third-order valence-corrected chi connectivity index (χ3v) is 6.04. The van der Waals surface area contributed by atoms with Crippen molar-refractivity contribution < 1.29 is 14.3 Å². The molecule has 0 saturated heterocycles. The van der Waals surface area contributed by atoms with Crippen molar-refractivity contribution in [3.05, 3.63) is 65.2 Å². The van der Waals surface area contributed by atoms with E-state index in [1.165, 1.54) is 24.0 Å². The number of hydrogen-bond donors (Lipinski definition) is 1. The highest BCUT2D eigenvalue weighted by Crippen LogP contribution is 2.24. The SMILES string of the molecule is O=C(NCCCC(=O)N1CCc2ccccc2C1)c1cccc(OC2CCCC2)c1. The van der Waals surface area contributed by atoms with Gasteiger partial charge in [0.05, 0.1) is 6.10 Å². The molecule has 30 heavy (non-hydrogen) atoms. The summed E-state index contributed by atoms with van der Waals surface area (Å²) in [6, 6.07) is 15.7. The number of rotatable bonds is 7. The second-order valence-corrected chi connectivity index (χ2v) is 8.25. The number of benzene rings is 2. The van der Waals surface area contributed by atoms with Crippen LogP contribution in [0.3, 0.4) is 0 Å². The molecule has 5 nitrogen and oxygen atoms in total. The molecule has 0 spiro atoms. The zero-order chi connectivity index (χ0) is 20.8. The summed E-state index contributed by atoms with van der Waals surface area (Å²) in [7, 11) is 0. The van der Waals surface area contributed by atoms with Crippen molar-refractivity contribution in [1.82, 2.24) is 10.2 Å². The van der Waals surface area contributed by atoms with Crippen LogP contribution in [0, 0.1) is 0 Å². The topological polar surface area (TPSA) is 58.6 Å². The van der Waals surface area contributed by atoms with Crippen LogP contribution < -0.4 is 10.1 Å². The van der Waals surface area contributed by atoms with Gasteiger partial charge in [0, 0.05) is 31.6 Å². The molecule has 1 fully saturated rings. The number of hydrogen-bond acceptors (Lipinski definition) is 3. The maximum Gasteiger partial charge on any atom is 0.251 e. The molecular weight excluding hydrogens is 376 g/mol. The van der Waals surface area contributed by atoms with Crippen molar-refractivity contribution in [2.75, 3.05) is 13.1 Å². The molecule has 5 heteroatoms. The van der Waals surface area contributed by atoms with E-state index in [0.717, 1.165) is 31.6 Å². The molecule has 1 saturated carbocycles. The van der Waals surface area contributed by atoms with E-state index in [1.807, 2.05) is 29.2 Å². The Hall–Kier alpha value is -2.82. The van der Waals surface area contributed by atoms with Gasteiger partial charge in [0.15, 0.2) is 0 Å². The predicted molar refractivity (Wildman–Crippen MR) is 116 cm³/mol. The summed E-state index contributed by atoms with van der Waals surface area (Å²) in [5, 5.41) is 2.93. The lowest BCUT2D eigenvalue weighted by atomic mass is 9.99. The second kappa shape index (κ2) is 9.79. The lowest BCUT2D eigenvalue weighted by Crippen LogP contribution is -2.36. The second-order valence-electron chi connectivity index (χ2n) is 8.25. The molecule has 1 N–H and O–H groups in total. The Balaban J connectivity index is 1.20. The third-order valence-electron chi connectivity index (χ3n) is 6.04. The molecule has 1 heterocycles. The summed E-state index contributed by atoms with van der Waals surface area (Å²) in [5.74, 6) is 0.798. The molecule has 2 aromatic rings. The van der Waals surface area contributed by atoms with Gasteiger partial charge in [-0.25, -0.2) is 0 Å². The molecule has 1 aliphatic carbocycles. The van der Waals surface area contributed by atoms with E-state index in [1.54, 1.807) is 6.07 Å². The largest absolute Gasteiger partial charge is 0.490 e. The quantitative estimate of drug-likeness (QED) is 0.704. The Bertz CT molecular complexity index is 889. The molecule has 1 aliphatic heterocycles. The molecule has 4 rings (SSSR count). The predicted octanol–water partition coefficient (Wildman–Crippen LogP) is 4.10. The number of nitrogens with one attached hydrogen (secondary N) is 1. The van der Waals surface area contributed by atoms with Crippen LogP contribution in [0.1, 0.15) is 60.0 Å². The fourth-order valence-corrected chi connectivity index (χ4v) is 4.32. The number of fused-ring (bicyclic) bond motifs is 1. The van der Waals surface area contributed by atoms with Crippen LogP contribution >= 0.6 is 0 Å². The monoisotopic (exact) mass is 406 g/mol. The molecule has 158 valence electrons. The Morgan fingerprint density at radius 1 is 1.03 bits per heavy atom. The van der Waals surface area contributed by atoms with Crippen LogP contribution in [0.25, 0.3) is 0 Å². The number of ether oxygens (including phenoxy) is 1. The lowest BCUT2D eigenvalue weighted by Gasteiger charge is -2.29. The molecular formula is C25H30N2O3. The molecule has 2 aromatic carbocycles. The van der Waals surface area contributed by atoms with Gasteiger partial charge < -0.3 is 15.0 Å². The van der Waals surface area contributed by atoms with E-state index in [0.29, 0.717) is 31.5 Å². The smallest absolute Gasteiger partial charge is 0.251 e. The van der Waals surface area contributed by atoms with E-state index >= 15 is 0 Å². The van der Waals surface area contributed by atoms with Gasteiger partial charge in [-0.1, -0.05) is 30.3 Å². The summed E-state index contributed by atoms with van der Waals surface area (Å²) in [5.41, 5.74) is 3.18. The Morgan fingerprint density at radius 2 is 1.83 bits per heavy atom. The van der Waals surface area contributed by atoms with E-state index < -0.39 is 0 Å². The minimum Gasteiger partial charge on any atom is -0.490 e. The molecule has 0 aromatic heterocycles. The Morgan fingerprint density at radius 3 is 2.67 bits per heavy atom. The molecule has 0 atom stereocenters. The van der Waals surface area contributed by atoms with Gasteiger partial charge in [-0.2, -0.15) is 0 Å². The first kappa shape index (κ1) is 20.5. The Labute approximate surface area is 178 Å². The van der Waals surface area contributed by atoms with E-state index in [9.17, 15) is 9.59 Å². The van der Waals surface area contributed by atoms with Crippen molar-refractivity contribution in [3.63, 3.8) is 0 Å². The van der Waals surface area contributed by atoms with Gasteiger partial charge in [-0.3, -0.25) is 9.59 Å². The summed E-state index contributed by atoms with van der Waals surface area (Å²) >= 11 is 0. The highest BCUT2D eigenvalue weighted by Gasteiger charge is 2.20. The van der Waals surface area contributed by atoms with Crippen LogP contribution in [0.2, 0.25) is 0 Å². The van der Waals surface area contributed by atoms with Crippen LogP contribution in [-0.2, 0) is 17.8 Å². The van der Waals surface area contributed by atoms with Crippen LogP contribution in [0.15, 0.2) is 48.5 Å². The van der Waals surface area contributed by atoms with E-state index in [2.05, 4.69) is 23.5 Å². The van der Waals surface area contributed by atoms with Crippen molar-refractivity contribution >= 4 is 11.8 Å². The van der Waals surface area contributed by atoms with Crippen LogP contribution in [-0.4, -0.2) is 35.9 Å². The maximum absolute atomic E-state index is 12.5. The summed E-state index contributed by atoms with van der Waals surface area (Å²) < 4.78 is 5.99. The standard InChI is InChI=1S/C25H30N2O3/c28-24(27-16-14-19-7-1-2-8-21(19)18-27)13-6-15-26-25(29)20-9-5-12-23(17-20)30-22-10-3-4-11-22/h1-2,5,7-9,12,17,22H,3-4,6,10-11,13-16,18H2,(H,26,29). The third kappa shape index (κ3) is 5.21. The first-order chi connectivity index (χ1) is 14.7. The molecule has 2 amide bonds. The summed E-state index contributed by atoms with van der Waals surface area (Å²) in [6.07, 6.45) is 6.89. The van der Waals surface area contributed by atoms with Gasteiger partial charge in [0.1, 0.15) is 5.75 Å². The van der Waals surface area contributed by atoms with Gasteiger partial charge in [-0.15, -0.1) is 0 Å². The number of nitrogens with zero attached hydrogens (tertiary/aromatic N) is 1. The minimum atomic E-state index is -0.119. The van der Waals surface area contributed by atoms with Crippen LogP contribution in [0.4, 0.5) is 0 Å². The van der Waals surface area contributed by atoms with Gasteiger partial charge in [0.25, 0.3) is 5.91 Å². The van der Waals surface area contributed by atoms with E-state index in [4.69, 9.17) is 4.74 Å². The number of carbonyl (C=O) groups excluding carboxylic acids is 2. The molecule has 0 unspecified atom stereocenters. The maximum atomic E-state index is 12.5. The first-order valence-corrected chi connectivity index (χ1v) is 11.1. The lowest BCUT2D eigenvalue weighted by molar-refractivity contribution is -0.132. The average Bonchev–Trinajstić information content (AvgIpc) is 3.29. The van der Waals surface area contributed by atoms with Crippen molar-refractivity contribution in [2.24, 2.45) is 0 Å². The molecule has 2 aliphatic rings. The zero-order valence-corrected chi connectivity index (χ0v) is 17.4. The van der Waals surface area contributed by atoms with Gasteiger partial charge >= 0.3 is 0 Å². The highest BCUT2D eigenvalue weighted by atomic mass is 16.5. The van der Waals surface area contributed by atoms with Crippen molar-refractivity contribution in [3.8, 4) is 5.75 Å². The van der Waals surface area contributed by atoms with Gasteiger partial charge in [-0.05, 0) is 67.9 Å². The fraction of sp³-hybridized carbons (Fsp3) is 0.440. The average molecular weight is 407 g/mol. The summed E-state index contributed by atoms with van der Waals surface area (Å²) in [6.45, 7) is 1.95. The van der Waals surface area contributed by atoms with Crippen molar-refractivity contribution in [1.29, 1.82) is 0 Å². The fourth-order valence-electron chi connectivity index (χ4n) is 4.32. The van der Waals surface area contributed by atoms with Crippen LogP contribution in [0.5, 0.6) is 5.75 Å². The van der Waals surface area contributed by atoms with Crippen molar-refractivity contribution in [2.45, 2.75) is 57.6 Å². The highest BCUT2D eigenvalue weighted by molar-refractivity contribution is 5.94. The zero-order valence-electron chi connectivity index (χ0n) is 17.4. The molecule has 0 bridgehead atoms. The van der Waals surface area contributed by atoms with Gasteiger partial charge in [0.2, 0.25) is 5.91 Å². The number of carbonyl (C=O) groups is 2. The summed E-state index contributed by atoms with van der Waals surface area (Å²) in [4.78, 5) is 26.9. The Kier molecular flexibility index (Phi) is 6.67. The molecule has 0 radical (unpaired) electrons. The normalized spacial score (nSPS) is 16.2.